The Bertz CT molecular complexity index is 1570. The van der Waals surface area contributed by atoms with Gasteiger partial charge in [-0.15, -0.1) is 0 Å². The second-order valence-electron chi connectivity index (χ2n) is 21.0. The van der Waals surface area contributed by atoms with Crippen LogP contribution in [0.25, 0.3) is 0 Å². The van der Waals surface area contributed by atoms with Crippen LogP contribution in [0.1, 0.15) is 198 Å². The Morgan fingerprint density at radius 1 is 0.509 bits per heavy atom. The number of ether oxygens (including phenoxy) is 2. The van der Waals surface area contributed by atoms with E-state index in [9.17, 15) is 9.59 Å². The van der Waals surface area contributed by atoms with Crippen LogP contribution in [0.3, 0.4) is 0 Å². The van der Waals surface area contributed by atoms with E-state index in [2.05, 4.69) is 69.2 Å². The Morgan fingerprint density at radius 2 is 0.792 bits per heavy atom. The quantitative estimate of drug-likeness (QED) is 0.185. The van der Waals surface area contributed by atoms with Crippen LogP contribution in [0.4, 0.5) is 0 Å². The zero-order valence-corrected chi connectivity index (χ0v) is 35.5. The lowest BCUT2D eigenvalue weighted by molar-refractivity contribution is -0.145. The highest BCUT2D eigenvalue weighted by Gasteiger charge is 2.48. The molecule has 3 fully saturated rings. The van der Waals surface area contributed by atoms with E-state index in [1.165, 1.54) is 13.7 Å². The molecule has 0 saturated heterocycles. The first-order chi connectivity index (χ1) is 24.4. The smallest absolute Gasteiger partial charge is 0.336 e. The minimum atomic E-state index is -0.520. The molecule has 3 aliphatic rings. The van der Waals surface area contributed by atoms with Crippen molar-refractivity contribution in [2.45, 2.75) is 198 Å². The minimum absolute atomic E-state index is 0.0458. The fourth-order valence-corrected chi connectivity index (χ4v) is 12.3. The van der Waals surface area contributed by atoms with E-state index in [4.69, 9.17) is 9.47 Å². The van der Waals surface area contributed by atoms with Crippen molar-refractivity contribution < 1.29 is 19.1 Å². The van der Waals surface area contributed by atoms with Gasteiger partial charge in [-0.3, -0.25) is 9.59 Å². The summed E-state index contributed by atoms with van der Waals surface area (Å²) in [5.74, 6) is -0.467. The van der Waals surface area contributed by atoms with Gasteiger partial charge in [-0.05, 0) is 123 Å². The number of aromatic nitrogens is 3. The molecule has 0 N–H and O–H groups in total. The monoisotopic (exact) mass is 744 g/mol. The van der Waals surface area contributed by atoms with Gasteiger partial charge in [-0.25, -0.2) is 28.1 Å². The summed E-state index contributed by atoms with van der Waals surface area (Å²) in [5.41, 5.74) is -2.71. The SMILES string of the molecule is CCCC1(C)CC(n2c(=O)n(C3CC(C)(C)CC(C)(CCC(=O)OCC)C3)c(=O)n(C3CC(C)(C)CC(C)(CCC(=O)OCC)C3)c2=O)CC(C)(C)C1. The van der Waals surface area contributed by atoms with E-state index in [1.807, 2.05) is 0 Å². The predicted octanol–water partition coefficient (Wildman–Crippen LogP) is 8.93. The molecule has 0 aromatic carbocycles. The average Bonchev–Trinajstić information content (AvgIpc) is 2.96. The molecule has 3 saturated carbocycles. The average molecular weight is 744 g/mol. The number of hydrogen-bond acceptors (Lipinski definition) is 7. The van der Waals surface area contributed by atoms with Crippen LogP contribution in [-0.4, -0.2) is 38.9 Å². The standard InChI is InChI=1S/C43H73N3O7/c1-13-18-41(10)24-30(21-38(4,5)27-41)44-35(49)45(31-22-39(6,7)28-42(11,25-31)19-16-33(47)52-14-2)37(51)46(36(44)50)32-23-40(8,9)29-43(12,26-32)20-17-34(48)53-15-3/h30-32H,13-29H2,1-12H3. The maximum Gasteiger partial charge on any atom is 0.336 e. The largest absolute Gasteiger partial charge is 0.466 e. The van der Waals surface area contributed by atoms with Gasteiger partial charge < -0.3 is 9.47 Å². The van der Waals surface area contributed by atoms with E-state index in [1.54, 1.807) is 13.8 Å². The van der Waals surface area contributed by atoms with Crippen LogP contribution in [0.5, 0.6) is 0 Å². The summed E-state index contributed by atoms with van der Waals surface area (Å²) in [6.45, 7) is 26.3. The van der Waals surface area contributed by atoms with Crippen molar-refractivity contribution in [1.29, 1.82) is 0 Å². The van der Waals surface area contributed by atoms with Gasteiger partial charge in [0.15, 0.2) is 0 Å². The Labute approximate surface area is 318 Å². The van der Waals surface area contributed by atoms with Crippen molar-refractivity contribution in [3.8, 4) is 0 Å². The van der Waals surface area contributed by atoms with Crippen LogP contribution < -0.4 is 17.1 Å². The zero-order chi connectivity index (χ0) is 39.8. The maximum absolute atomic E-state index is 15.1. The van der Waals surface area contributed by atoms with Crippen LogP contribution in [-0.2, 0) is 19.1 Å². The number of hydrogen-bond donors (Lipinski definition) is 0. The van der Waals surface area contributed by atoms with Crippen LogP contribution in [0.2, 0.25) is 0 Å². The van der Waals surface area contributed by atoms with Gasteiger partial charge in [0.05, 0.1) is 13.2 Å². The second-order valence-corrected chi connectivity index (χ2v) is 21.0. The van der Waals surface area contributed by atoms with E-state index in [0.717, 1.165) is 32.1 Å². The topological polar surface area (TPSA) is 119 Å². The number of nitrogens with zero attached hydrogens (tertiary/aromatic N) is 3. The third-order valence-corrected chi connectivity index (χ3v) is 12.9. The first-order valence-corrected chi connectivity index (χ1v) is 20.7. The highest BCUT2D eigenvalue weighted by molar-refractivity contribution is 5.69. The fraction of sp³-hybridized carbons (Fsp3) is 0.884. The zero-order valence-electron chi connectivity index (χ0n) is 35.5. The molecule has 6 unspecified atom stereocenters. The number of esters is 2. The van der Waals surface area contributed by atoms with Crippen LogP contribution in [0, 0.1) is 32.5 Å². The summed E-state index contributed by atoms with van der Waals surface area (Å²) in [6.07, 6.45) is 10.2. The molecule has 302 valence electrons. The summed E-state index contributed by atoms with van der Waals surface area (Å²) in [5, 5.41) is 0. The van der Waals surface area contributed by atoms with E-state index >= 15 is 14.4 Å². The summed E-state index contributed by atoms with van der Waals surface area (Å²) in [7, 11) is 0. The summed E-state index contributed by atoms with van der Waals surface area (Å²) < 4.78 is 15.0. The van der Waals surface area contributed by atoms with Crippen LogP contribution in [0.15, 0.2) is 14.4 Å². The summed E-state index contributed by atoms with van der Waals surface area (Å²) in [6, 6.07) is -1.21. The molecule has 6 atom stereocenters. The molecule has 1 aromatic rings. The van der Waals surface area contributed by atoms with Gasteiger partial charge in [0, 0.05) is 31.0 Å². The molecule has 3 aliphatic carbocycles. The Kier molecular flexibility index (Phi) is 12.9. The number of carbonyl (C=O) groups excluding carboxylic acids is 2. The molecule has 1 heterocycles. The first-order valence-electron chi connectivity index (χ1n) is 20.7. The normalized spacial score (nSPS) is 32.2. The van der Waals surface area contributed by atoms with Gasteiger partial charge in [-0.2, -0.15) is 0 Å². The molecule has 0 bridgehead atoms. The highest BCUT2D eigenvalue weighted by atomic mass is 16.5. The Hall–Kier alpha value is -2.65. The van der Waals surface area contributed by atoms with Crippen molar-refractivity contribution in [3.63, 3.8) is 0 Å². The second kappa shape index (κ2) is 15.8. The molecular weight excluding hydrogens is 670 g/mol. The highest BCUT2D eigenvalue weighted by Crippen LogP contribution is 2.55. The Balaban J connectivity index is 1.92. The molecule has 53 heavy (non-hydrogen) atoms. The molecule has 0 radical (unpaired) electrons. The van der Waals surface area contributed by atoms with Crippen molar-refractivity contribution in [2.75, 3.05) is 13.2 Å². The molecular formula is C43H73N3O7. The van der Waals surface area contributed by atoms with E-state index in [-0.39, 0.29) is 63.3 Å². The maximum atomic E-state index is 15.1. The summed E-state index contributed by atoms with van der Waals surface area (Å²) in [4.78, 5) is 70.3. The van der Waals surface area contributed by atoms with Crippen molar-refractivity contribution in [2.24, 2.45) is 32.5 Å². The molecule has 4 rings (SSSR count). The first kappa shape index (κ1) is 43.1. The molecule has 10 nitrogen and oxygen atoms in total. The number of carbonyl (C=O) groups is 2. The third-order valence-electron chi connectivity index (χ3n) is 12.9. The van der Waals surface area contributed by atoms with Gasteiger partial charge in [0.25, 0.3) is 0 Å². The van der Waals surface area contributed by atoms with Gasteiger partial charge in [0.2, 0.25) is 0 Å². The molecule has 1 aromatic heterocycles. The van der Waals surface area contributed by atoms with Crippen molar-refractivity contribution >= 4 is 11.9 Å². The van der Waals surface area contributed by atoms with E-state index < -0.39 is 29.2 Å². The lowest BCUT2D eigenvalue weighted by atomic mass is 9.61. The molecule has 0 spiro atoms. The van der Waals surface area contributed by atoms with Gasteiger partial charge in [0.1, 0.15) is 0 Å². The van der Waals surface area contributed by atoms with Crippen molar-refractivity contribution in [3.05, 3.63) is 31.5 Å². The number of rotatable bonds is 13. The molecule has 0 amide bonds. The van der Waals surface area contributed by atoms with Crippen LogP contribution >= 0.6 is 0 Å². The minimum Gasteiger partial charge on any atom is -0.466 e. The third kappa shape index (κ3) is 10.4. The van der Waals surface area contributed by atoms with E-state index in [0.29, 0.717) is 64.6 Å². The van der Waals surface area contributed by atoms with Gasteiger partial charge >= 0.3 is 29.0 Å². The lowest BCUT2D eigenvalue weighted by Gasteiger charge is -2.49. The van der Waals surface area contributed by atoms with Crippen molar-refractivity contribution in [1.82, 2.24) is 13.7 Å². The lowest BCUT2D eigenvalue weighted by Crippen LogP contribution is -2.60. The molecule has 0 aliphatic heterocycles. The molecule has 10 heteroatoms. The van der Waals surface area contributed by atoms with Gasteiger partial charge in [-0.1, -0.05) is 75.7 Å². The fourth-order valence-electron chi connectivity index (χ4n) is 12.3. The summed E-state index contributed by atoms with van der Waals surface area (Å²) >= 11 is 0. The predicted molar refractivity (Wildman–Crippen MR) is 210 cm³/mol. The Morgan fingerprint density at radius 3 is 1.06 bits per heavy atom.